The van der Waals surface area contributed by atoms with Gasteiger partial charge in [-0.25, -0.2) is 0 Å². The highest BCUT2D eigenvalue weighted by molar-refractivity contribution is 6.32. The molecule has 0 fully saturated rings. The molecule has 0 aliphatic heterocycles. The Balaban J connectivity index is 2.71. The number of carboxylic acids is 1. The number of aliphatic carboxylic acids is 1. The van der Waals surface area contributed by atoms with Crippen LogP contribution in [-0.2, 0) is 4.79 Å². The van der Waals surface area contributed by atoms with E-state index >= 15 is 0 Å². The van der Waals surface area contributed by atoms with Crippen LogP contribution in [0.2, 0.25) is 5.02 Å². The molecule has 1 atom stereocenters. The predicted molar refractivity (Wildman–Crippen MR) is 57.3 cm³/mol. The molecule has 1 heterocycles. The van der Waals surface area contributed by atoms with Crippen LogP contribution in [0.4, 0.5) is 0 Å². The molecule has 1 unspecified atom stereocenters. The average molecular weight is 225 g/mol. The second kappa shape index (κ2) is 3.59. The van der Waals surface area contributed by atoms with Gasteiger partial charge in [-0.05, 0) is 30.7 Å². The van der Waals surface area contributed by atoms with Crippen molar-refractivity contribution < 1.29 is 14.3 Å². The van der Waals surface area contributed by atoms with Crippen molar-refractivity contribution in [2.75, 3.05) is 0 Å². The topological polar surface area (TPSA) is 50.4 Å². The monoisotopic (exact) mass is 224 g/mol. The average Bonchev–Trinajstić information content (AvgIpc) is 2.64. The number of fused-ring (bicyclic) bond motifs is 1. The van der Waals surface area contributed by atoms with Gasteiger partial charge in [0.25, 0.3) is 0 Å². The van der Waals surface area contributed by atoms with E-state index in [9.17, 15) is 4.79 Å². The third-order valence-electron chi connectivity index (χ3n) is 2.43. The molecule has 1 aromatic carbocycles. The lowest BCUT2D eigenvalue weighted by atomic mass is 9.98. The van der Waals surface area contributed by atoms with E-state index in [0.717, 1.165) is 5.39 Å². The Kier molecular flexibility index (Phi) is 2.40. The van der Waals surface area contributed by atoms with Crippen molar-refractivity contribution in [1.82, 2.24) is 0 Å². The molecule has 2 rings (SSSR count). The second-order valence-electron chi connectivity index (χ2n) is 3.35. The Hall–Kier alpha value is -1.48. The molecule has 1 N–H and O–H groups in total. The van der Waals surface area contributed by atoms with E-state index in [1.165, 1.54) is 6.26 Å². The van der Waals surface area contributed by atoms with E-state index in [-0.39, 0.29) is 0 Å². The first kappa shape index (κ1) is 10.1. The van der Waals surface area contributed by atoms with E-state index < -0.39 is 11.9 Å². The number of furan rings is 1. The summed E-state index contributed by atoms with van der Waals surface area (Å²) in [7, 11) is 0. The van der Waals surface area contributed by atoms with Gasteiger partial charge < -0.3 is 9.52 Å². The Morgan fingerprint density at radius 3 is 2.87 bits per heavy atom. The van der Waals surface area contributed by atoms with E-state index in [1.54, 1.807) is 25.1 Å². The molecular weight excluding hydrogens is 216 g/mol. The van der Waals surface area contributed by atoms with Crippen LogP contribution >= 0.6 is 11.6 Å². The molecule has 0 aliphatic rings. The lowest BCUT2D eigenvalue weighted by Crippen LogP contribution is -2.08. The zero-order valence-electron chi connectivity index (χ0n) is 8.03. The van der Waals surface area contributed by atoms with Crippen LogP contribution in [0.5, 0.6) is 0 Å². The lowest BCUT2D eigenvalue weighted by Gasteiger charge is -2.09. The van der Waals surface area contributed by atoms with Crippen molar-refractivity contribution in [1.29, 1.82) is 0 Å². The van der Waals surface area contributed by atoms with Crippen molar-refractivity contribution in [3.8, 4) is 0 Å². The van der Waals surface area contributed by atoms with Crippen LogP contribution in [0.25, 0.3) is 11.0 Å². The highest BCUT2D eigenvalue weighted by atomic mass is 35.5. The van der Waals surface area contributed by atoms with Gasteiger partial charge in [0.1, 0.15) is 5.58 Å². The van der Waals surface area contributed by atoms with Crippen LogP contribution < -0.4 is 0 Å². The van der Waals surface area contributed by atoms with Crippen molar-refractivity contribution in [2.45, 2.75) is 12.8 Å². The predicted octanol–water partition coefficient (Wildman–Crippen LogP) is 3.27. The van der Waals surface area contributed by atoms with Gasteiger partial charge >= 0.3 is 5.97 Å². The van der Waals surface area contributed by atoms with Gasteiger partial charge in [0.05, 0.1) is 12.2 Å². The number of carbonyl (C=O) groups is 1. The third-order valence-corrected chi connectivity index (χ3v) is 2.76. The van der Waals surface area contributed by atoms with Crippen LogP contribution in [0.1, 0.15) is 18.4 Å². The van der Waals surface area contributed by atoms with E-state index in [2.05, 4.69) is 0 Å². The number of rotatable bonds is 2. The largest absolute Gasteiger partial charge is 0.481 e. The maximum Gasteiger partial charge on any atom is 0.310 e. The second-order valence-corrected chi connectivity index (χ2v) is 3.76. The van der Waals surface area contributed by atoms with E-state index in [4.69, 9.17) is 21.1 Å². The first-order valence-corrected chi connectivity index (χ1v) is 4.87. The van der Waals surface area contributed by atoms with Crippen LogP contribution in [0, 0.1) is 0 Å². The first-order chi connectivity index (χ1) is 7.11. The molecule has 0 saturated heterocycles. The molecular formula is C11H9ClO3. The number of hydrogen-bond donors (Lipinski definition) is 1. The third kappa shape index (κ3) is 1.59. The summed E-state index contributed by atoms with van der Waals surface area (Å²) in [5.41, 5.74) is 1.26. The molecule has 0 saturated carbocycles. The summed E-state index contributed by atoms with van der Waals surface area (Å²) in [6.07, 6.45) is 1.53. The molecule has 0 bridgehead atoms. The summed E-state index contributed by atoms with van der Waals surface area (Å²) in [6, 6.07) is 5.12. The molecule has 3 nitrogen and oxygen atoms in total. The summed E-state index contributed by atoms with van der Waals surface area (Å²) in [5.74, 6) is -1.54. The molecule has 1 aromatic heterocycles. The number of carboxylic acid groups (broad SMARTS) is 1. The Labute approximate surface area is 91.3 Å². The SMILES string of the molecule is CC(C(=O)O)c1c(Cl)ccc2occc12. The lowest BCUT2D eigenvalue weighted by molar-refractivity contribution is -0.138. The standard InChI is InChI=1S/C11H9ClO3/c1-6(11(13)14)10-7-4-5-15-9(7)3-2-8(10)12/h2-6H,1H3,(H,13,14). The molecule has 15 heavy (non-hydrogen) atoms. The molecule has 0 radical (unpaired) electrons. The molecule has 2 aromatic rings. The number of halogens is 1. The minimum absolute atomic E-state index is 0.457. The minimum atomic E-state index is -0.898. The van der Waals surface area contributed by atoms with Crippen molar-refractivity contribution >= 4 is 28.5 Å². The fourth-order valence-electron chi connectivity index (χ4n) is 1.60. The highest BCUT2D eigenvalue weighted by Crippen LogP contribution is 2.32. The molecule has 0 spiro atoms. The van der Waals surface area contributed by atoms with Gasteiger partial charge in [-0.1, -0.05) is 11.6 Å². The molecule has 78 valence electrons. The highest BCUT2D eigenvalue weighted by Gasteiger charge is 2.20. The van der Waals surface area contributed by atoms with E-state index in [0.29, 0.717) is 16.2 Å². The van der Waals surface area contributed by atoms with Crippen molar-refractivity contribution in [3.05, 3.63) is 35.0 Å². The zero-order valence-corrected chi connectivity index (χ0v) is 8.78. The quantitative estimate of drug-likeness (QED) is 0.852. The molecule has 0 amide bonds. The summed E-state index contributed by atoms with van der Waals surface area (Å²) in [6.45, 7) is 1.61. The van der Waals surface area contributed by atoms with Gasteiger partial charge in [-0.3, -0.25) is 4.79 Å². The van der Waals surface area contributed by atoms with Crippen molar-refractivity contribution in [2.24, 2.45) is 0 Å². The maximum atomic E-state index is 10.9. The van der Waals surface area contributed by atoms with Gasteiger partial charge in [0.15, 0.2) is 0 Å². The smallest absolute Gasteiger partial charge is 0.310 e. The summed E-state index contributed by atoms with van der Waals surface area (Å²) in [5, 5.41) is 10.2. The van der Waals surface area contributed by atoms with E-state index in [1.807, 2.05) is 0 Å². The van der Waals surface area contributed by atoms with Crippen LogP contribution in [0.15, 0.2) is 28.9 Å². The van der Waals surface area contributed by atoms with Gasteiger partial charge in [-0.2, -0.15) is 0 Å². The zero-order chi connectivity index (χ0) is 11.0. The normalized spacial score (nSPS) is 12.9. The molecule has 0 aliphatic carbocycles. The maximum absolute atomic E-state index is 10.9. The molecule has 4 heteroatoms. The Morgan fingerprint density at radius 1 is 1.47 bits per heavy atom. The van der Waals surface area contributed by atoms with Crippen LogP contribution in [-0.4, -0.2) is 11.1 Å². The summed E-state index contributed by atoms with van der Waals surface area (Å²) >= 11 is 5.99. The van der Waals surface area contributed by atoms with Gasteiger partial charge in [0.2, 0.25) is 0 Å². The summed E-state index contributed by atoms with van der Waals surface area (Å²) in [4.78, 5) is 10.9. The Morgan fingerprint density at radius 2 is 2.20 bits per heavy atom. The number of hydrogen-bond acceptors (Lipinski definition) is 2. The minimum Gasteiger partial charge on any atom is -0.481 e. The van der Waals surface area contributed by atoms with Gasteiger partial charge in [-0.15, -0.1) is 0 Å². The number of benzene rings is 1. The fourth-order valence-corrected chi connectivity index (χ4v) is 1.93. The van der Waals surface area contributed by atoms with Crippen molar-refractivity contribution in [3.63, 3.8) is 0 Å². The summed E-state index contributed by atoms with van der Waals surface area (Å²) < 4.78 is 5.19. The van der Waals surface area contributed by atoms with Crippen LogP contribution in [0.3, 0.4) is 0 Å². The van der Waals surface area contributed by atoms with Gasteiger partial charge in [0, 0.05) is 10.4 Å². The fraction of sp³-hybridized carbons (Fsp3) is 0.182. The first-order valence-electron chi connectivity index (χ1n) is 4.49. The Bertz CT molecular complexity index is 516.